The van der Waals surface area contributed by atoms with Gasteiger partial charge in [0.1, 0.15) is 17.2 Å². The predicted molar refractivity (Wildman–Crippen MR) is 129 cm³/mol. The van der Waals surface area contributed by atoms with Gasteiger partial charge in [0.25, 0.3) is 0 Å². The number of piperazine rings is 2. The summed E-state index contributed by atoms with van der Waals surface area (Å²) in [5.41, 5.74) is 0.643. The summed E-state index contributed by atoms with van der Waals surface area (Å²) in [7, 11) is 2.15. The first kappa shape index (κ1) is 23.0. The van der Waals surface area contributed by atoms with Crippen molar-refractivity contribution in [3.63, 3.8) is 0 Å². The van der Waals surface area contributed by atoms with Crippen LogP contribution in [0.1, 0.15) is 20.8 Å². The summed E-state index contributed by atoms with van der Waals surface area (Å²) in [6.07, 6.45) is 3.37. The van der Waals surface area contributed by atoms with Crippen molar-refractivity contribution in [2.75, 3.05) is 74.5 Å². The first-order chi connectivity index (χ1) is 15.8. The van der Waals surface area contributed by atoms with Gasteiger partial charge in [0.2, 0.25) is 5.95 Å². The molecule has 2 fully saturated rings. The highest BCUT2D eigenvalue weighted by atomic mass is 16.6. The quantitative estimate of drug-likeness (QED) is 0.748. The van der Waals surface area contributed by atoms with Crippen LogP contribution >= 0.6 is 0 Å². The van der Waals surface area contributed by atoms with E-state index in [1.165, 1.54) is 0 Å². The average molecular weight is 455 g/mol. The van der Waals surface area contributed by atoms with Gasteiger partial charge >= 0.3 is 6.09 Å². The third kappa shape index (κ3) is 6.22. The maximum Gasteiger partial charge on any atom is 0.410 e. The van der Waals surface area contributed by atoms with Crippen LogP contribution in [0.25, 0.3) is 0 Å². The molecular weight excluding hydrogens is 420 g/mol. The number of amides is 1. The molecule has 2 aromatic rings. The van der Waals surface area contributed by atoms with E-state index < -0.39 is 5.60 Å². The van der Waals surface area contributed by atoms with E-state index in [1.54, 1.807) is 11.1 Å². The standard InChI is InChI=1S/C23H34N8O2/c1-23(2,3)33-22(32)31-15-13-30(14-16-31)20-7-8-24-21(27-20)26-19-6-5-18(17-25-19)29-11-9-28(4)10-12-29/h5-8,17H,9-16H2,1-4H3,(H,24,25,26,27). The first-order valence-corrected chi connectivity index (χ1v) is 11.5. The Bertz CT molecular complexity index is 930. The number of carbonyl (C=O) groups is 1. The molecule has 2 aliphatic heterocycles. The molecule has 10 heteroatoms. The van der Waals surface area contributed by atoms with Gasteiger partial charge in [-0.05, 0) is 46.0 Å². The van der Waals surface area contributed by atoms with E-state index in [4.69, 9.17) is 4.74 Å². The van der Waals surface area contributed by atoms with E-state index >= 15 is 0 Å². The van der Waals surface area contributed by atoms with Crippen molar-refractivity contribution in [3.8, 4) is 0 Å². The van der Waals surface area contributed by atoms with Crippen molar-refractivity contribution in [3.05, 3.63) is 30.6 Å². The molecule has 2 aromatic heterocycles. The van der Waals surface area contributed by atoms with Crippen molar-refractivity contribution in [1.29, 1.82) is 0 Å². The van der Waals surface area contributed by atoms with Gasteiger partial charge in [0.05, 0.1) is 11.9 Å². The van der Waals surface area contributed by atoms with Gasteiger partial charge < -0.3 is 29.7 Å². The van der Waals surface area contributed by atoms with Gasteiger partial charge in [-0.2, -0.15) is 4.98 Å². The number of likely N-dealkylation sites (N-methyl/N-ethyl adjacent to an activating group) is 1. The summed E-state index contributed by atoms with van der Waals surface area (Å²) in [6, 6.07) is 5.93. The first-order valence-electron chi connectivity index (χ1n) is 11.5. The van der Waals surface area contributed by atoms with Gasteiger partial charge in [0, 0.05) is 58.6 Å². The number of hydrogen-bond acceptors (Lipinski definition) is 9. The molecule has 4 heterocycles. The molecule has 0 unspecified atom stereocenters. The fourth-order valence-corrected chi connectivity index (χ4v) is 3.86. The summed E-state index contributed by atoms with van der Waals surface area (Å²) in [5.74, 6) is 2.03. The SMILES string of the molecule is CN1CCN(c2ccc(Nc3nccc(N4CCN(C(=O)OC(C)(C)C)CC4)n3)nc2)CC1. The number of ether oxygens (including phenoxy) is 1. The van der Waals surface area contributed by atoms with Crippen molar-refractivity contribution in [2.45, 2.75) is 26.4 Å². The summed E-state index contributed by atoms with van der Waals surface area (Å²) in [5, 5.41) is 3.20. The van der Waals surface area contributed by atoms with E-state index in [0.29, 0.717) is 37.9 Å². The minimum atomic E-state index is -0.488. The van der Waals surface area contributed by atoms with Crippen LogP contribution in [0, 0.1) is 0 Å². The molecule has 0 bridgehead atoms. The van der Waals surface area contributed by atoms with Crippen molar-refractivity contribution in [1.82, 2.24) is 24.8 Å². The lowest BCUT2D eigenvalue weighted by atomic mass is 10.2. The summed E-state index contributed by atoms with van der Waals surface area (Å²) in [6.45, 7) is 12.4. The topological polar surface area (TPSA) is 90.0 Å². The van der Waals surface area contributed by atoms with E-state index in [9.17, 15) is 4.79 Å². The molecular formula is C23H34N8O2. The third-order valence-electron chi connectivity index (χ3n) is 5.75. The molecule has 0 atom stereocenters. The van der Waals surface area contributed by atoms with Crippen molar-refractivity contribution < 1.29 is 9.53 Å². The summed E-state index contributed by atoms with van der Waals surface area (Å²) < 4.78 is 5.48. The Balaban J connectivity index is 1.32. The second-order valence-corrected chi connectivity index (χ2v) is 9.51. The molecule has 1 amide bonds. The maximum atomic E-state index is 12.3. The Morgan fingerprint density at radius 3 is 2.27 bits per heavy atom. The van der Waals surface area contributed by atoms with Gasteiger partial charge in [-0.15, -0.1) is 0 Å². The van der Waals surface area contributed by atoms with Crippen LogP contribution < -0.4 is 15.1 Å². The van der Waals surface area contributed by atoms with Gasteiger partial charge in [-0.25, -0.2) is 14.8 Å². The minimum Gasteiger partial charge on any atom is -0.444 e. The van der Waals surface area contributed by atoms with Crippen molar-refractivity contribution in [2.24, 2.45) is 0 Å². The minimum absolute atomic E-state index is 0.265. The van der Waals surface area contributed by atoms with Gasteiger partial charge in [-0.3, -0.25) is 0 Å². The number of nitrogens with zero attached hydrogens (tertiary/aromatic N) is 7. The fraction of sp³-hybridized carbons (Fsp3) is 0.565. The average Bonchev–Trinajstić information content (AvgIpc) is 2.79. The highest BCUT2D eigenvalue weighted by Gasteiger charge is 2.26. The lowest BCUT2D eigenvalue weighted by Gasteiger charge is -2.36. The second-order valence-electron chi connectivity index (χ2n) is 9.51. The lowest BCUT2D eigenvalue weighted by molar-refractivity contribution is 0.0240. The number of hydrogen-bond donors (Lipinski definition) is 1. The summed E-state index contributed by atoms with van der Waals surface area (Å²) >= 11 is 0. The number of rotatable bonds is 4. The molecule has 2 aliphatic rings. The van der Waals surface area contributed by atoms with Crippen molar-refractivity contribution >= 4 is 29.4 Å². The molecule has 1 N–H and O–H groups in total. The Labute approximate surface area is 195 Å². The maximum absolute atomic E-state index is 12.3. The Hall–Kier alpha value is -3.14. The van der Waals surface area contributed by atoms with E-state index in [0.717, 1.165) is 37.7 Å². The molecule has 0 aromatic carbocycles. The van der Waals surface area contributed by atoms with E-state index in [2.05, 4.69) is 48.1 Å². The van der Waals surface area contributed by atoms with Crippen LogP contribution in [-0.4, -0.2) is 95.9 Å². The number of nitrogens with one attached hydrogen (secondary N) is 1. The molecule has 2 saturated heterocycles. The van der Waals surface area contributed by atoms with E-state index in [-0.39, 0.29) is 6.09 Å². The second kappa shape index (κ2) is 9.78. The number of pyridine rings is 1. The monoisotopic (exact) mass is 454 g/mol. The van der Waals surface area contributed by atoms with Crippen LogP contribution in [-0.2, 0) is 4.74 Å². The van der Waals surface area contributed by atoms with Crippen LogP contribution in [0.3, 0.4) is 0 Å². The van der Waals surface area contributed by atoms with Crippen LogP contribution in [0.15, 0.2) is 30.6 Å². The highest BCUT2D eigenvalue weighted by molar-refractivity contribution is 5.68. The fourth-order valence-electron chi connectivity index (χ4n) is 3.86. The smallest absolute Gasteiger partial charge is 0.410 e. The van der Waals surface area contributed by atoms with Crippen LogP contribution in [0.2, 0.25) is 0 Å². The van der Waals surface area contributed by atoms with Crippen LogP contribution in [0.5, 0.6) is 0 Å². The number of carbonyl (C=O) groups excluding carboxylic acids is 1. The van der Waals surface area contributed by atoms with Gasteiger partial charge in [-0.1, -0.05) is 0 Å². The molecule has 0 aliphatic carbocycles. The molecule has 10 nitrogen and oxygen atoms in total. The zero-order valence-corrected chi connectivity index (χ0v) is 20.0. The predicted octanol–water partition coefficient (Wildman–Crippen LogP) is 2.42. The molecule has 178 valence electrons. The zero-order valence-electron chi connectivity index (χ0n) is 20.0. The van der Waals surface area contributed by atoms with Crippen LogP contribution in [0.4, 0.5) is 28.1 Å². The highest BCUT2D eigenvalue weighted by Crippen LogP contribution is 2.20. The zero-order chi connectivity index (χ0) is 23.4. The Morgan fingerprint density at radius 1 is 0.939 bits per heavy atom. The Kier molecular flexibility index (Phi) is 6.83. The lowest BCUT2D eigenvalue weighted by Crippen LogP contribution is -2.50. The third-order valence-corrected chi connectivity index (χ3v) is 5.75. The summed E-state index contributed by atoms with van der Waals surface area (Å²) in [4.78, 5) is 34.4. The van der Waals surface area contributed by atoms with Gasteiger partial charge in [0.15, 0.2) is 0 Å². The number of anilines is 4. The largest absolute Gasteiger partial charge is 0.444 e. The molecule has 33 heavy (non-hydrogen) atoms. The van der Waals surface area contributed by atoms with E-state index in [1.807, 2.05) is 39.1 Å². The number of aromatic nitrogens is 3. The normalized spacial score (nSPS) is 17.8. The molecule has 0 spiro atoms. The molecule has 0 saturated carbocycles. The Morgan fingerprint density at radius 2 is 1.64 bits per heavy atom. The molecule has 4 rings (SSSR count). The molecule has 0 radical (unpaired) electrons.